The van der Waals surface area contributed by atoms with E-state index in [0.29, 0.717) is 0 Å². The Morgan fingerprint density at radius 3 is 2.06 bits per heavy atom. The van der Waals surface area contributed by atoms with Crippen LogP contribution in [0.2, 0.25) is 0 Å². The molecule has 100 valence electrons. The highest BCUT2D eigenvalue weighted by molar-refractivity contribution is 5.93. The molecule has 0 aromatic heterocycles. The Bertz CT molecular complexity index is 288. The van der Waals surface area contributed by atoms with Gasteiger partial charge in [-0.25, -0.2) is 0 Å². The second-order valence-corrected chi connectivity index (χ2v) is 5.21. The number of ether oxygens (including phenoxy) is 1. The van der Waals surface area contributed by atoms with E-state index in [9.17, 15) is 19.8 Å². The maximum atomic E-state index is 11.8. The first-order valence-corrected chi connectivity index (χ1v) is 5.64. The molecule has 0 aromatic rings. The monoisotopic (exact) mass is 246 g/mol. The summed E-state index contributed by atoms with van der Waals surface area (Å²) >= 11 is 0. The molecule has 0 rings (SSSR count). The van der Waals surface area contributed by atoms with Crippen molar-refractivity contribution in [1.82, 2.24) is 0 Å². The molecule has 0 aliphatic heterocycles. The smallest absolute Gasteiger partial charge is 0.308 e. The largest absolute Gasteiger partial charge is 0.466 e. The minimum atomic E-state index is -1.70. The average molecular weight is 246 g/mol. The van der Waals surface area contributed by atoms with E-state index in [-0.39, 0.29) is 6.61 Å². The maximum Gasteiger partial charge on any atom is 0.308 e. The van der Waals surface area contributed by atoms with Gasteiger partial charge in [0.1, 0.15) is 11.7 Å². The fourth-order valence-electron chi connectivity index (χ4n) is 1.16. The molecule has 0 aliphatic rings. The van der Waals surface area contributed by atoms with Crippen molar-refractivity contribution in [1.29, 1.82) is 0 Å². The van der Waals surface area contributed by atoms with Gasteiger partial charge in [-0.1, -0.05) is 20.8 Å². The van der Waals surface area contributed by atoms with Crippen LogP contribution in [0.4, 0.5) is 0 Å². The molecule has 2 unspecified atom stereocenters. The number of ketones is 1. The molecule has 0 bridgehead atoms. The first kappa shape index (κ1) is 16.1. The van der Waals surface area contributed by atoms with E-state index in [1.165, 1.54) is 6.92 Å². The van der Waals surface area contributed by atoms with Crippen LogP contribution in [-0.2, 0) is 14.3 Å². The van der Waals surface area contributed by atoms with Crippen molar-refractivity contribution >= 4 is 11.8 Å². The molecule has 0 aliphatic carbocycles. The third kappa shape index (κ3) is 4.09. The Kier molecular flexibility index (Phi) is 5.29. The van der Waals surface area contributed by atoms with Gasteiger partial charge in [0.2, 0.25) is 0 Å². The summed E-state index contributed by atoms with van der Waals surface area (Å²) in [6.07, 6.45) is -1.97. The number of aliphatic hydroxyl groups excluding tert-OH is 1. The van der Waals surface area contributed by atoms with E-state index in [1.54, 1.807) is 27.7 Å². The van der Waals surface area contributed by atoms with Crippen LogP contribution in [0.5, 0.6) is 0 Å². The zero-order valence-corrected chi connectivity index (χ0v) is 11.1. The molecular weight excluding hydrogens is 224 g/mol. The first-order chi connectivity index (χ1) is 7.54. The van der Waals surface area contributed by atoms with Crippen molar-refractivity contribution in [2.75, 3.05) is 6.61 Å². The lowest BCUT2D eigenvalue weighted by atomic mass is 9.73. The third-order valence-electron chi connectivity index (χ3n) is 2.91. The summed E-state index contributed by atoms with van der Waals surface area (Å²) in [5.41, 5.74) is -2.42. The first-order valence-electron chi connectivity index (χ1n) is 5.64. The summed E-state index contributed by atoms with van der Waals surface area (Å²) in [5, 5.41) is 19.7. The lowest BCUT2D eigenvalue weighted by molar-refractivity contribution is -0.160. The normalized spacial score (nSPS) is 17.1. The molecule has 0 saturated carbocycles. The Morgan fingerprint density at radius 2 is 1.71 bits per heavy atom. The minimum Gasteiger partial charge on any atom is -0.466 e. The van der Waals surface area contributed by atoms with Crippen LogP contribution >= 0.6 is 0 Å². The average Bonchev–Trinajstić information content (AvgIpc) is 2.14. The number of hydrogen-bond donors (Lipinski definition) is 2. The fraction of sp³-hybridized carbons (Fsp3) is 0.833. The van der Waals surface area contributed by atoms with Crippen LogP contribution in [0.1, 0.15) is 41.0 Å². The van der Waals surface area contributed by atoms with E-state index in [4.69, 9.17) is 0 Å². The van der Waals surface area contributed by atoms with E-state index < -0.39 is 35.3 Å². The predicted octanol–water partition coefficient (Wildman–Crippen LogP) is 0.667. The molecule has 0 radical (unpaired) electrons. The number of rotatable bonds is 5. The summed E-state index contributed by atoms with van der Waals surface area (Å²) in [5.74, 6) is -1.42. The van der Waals surface area contributed by atoms with E-state index >= 15 is 0 Å². The second-order valence-electron chi connectivity index (χ2n) is 5.21. The molecule has 0 saturated heterocycles. The number of Topliss-reactive ketones (excluding diaryl/α,β-unsaturated/α-hetero) is 1. The number of aliphatic hydroxyl groups is 2. The summed E-state index contributed by atoms with van der Waals surface area (Å²) in [6, 6.07) is 0. The summed E-state index contributed by atoms with van der Waals surface area (Å²) in [4.78, 5) is 23.0. The van der Waals surface area contributed by atoms with Gasteiger partial charge in [-0.2, -0.15) is 0 Å². The third-order valence-corrected chi connectivity index (χ3v) is 2.91. The van der Waals surface area contributed by atoms with Gasteiger partial charge in [-0.05, 0) is 19.3 Å². The molecule has 0 fully saturated rings. The van der Waals surface area contributed by atoms with Crippen LogP contribution in [0.25, 0.3) is 0 Å². The van der Waals surface area contributed by atoms with Crippen molar-refractivity contribution in [3.05, 3.63) is 0 Å². The SMILES string of the molecule is CCOC(=O)CC(O)C(=O)C(C)(O)C(C)(C)C. The van der Waals surface area contributed by atoms with Crippen molar-refractivity contribution in [3.8, 4) is 0 Å². The molecule has 5 heteroatoms. The lowest BCUT2D eigenvalue weighted by Crippen LogP contribution is -2.52. The number of carbonyl (C=O) groups is 2. The summed E-state index contributed by atoms with van der Waals surface area (Å²) in [7, 11) is 0. The number of carbonyl (C=O) groups excluding carboxylic acids is 2. The highest BCUT2D eigenvalue weighted by Crippen LogP contribution is 2.31. The standard InChI is InChI=1S/C12H22O5/c1-6-17-9(14)7-8(13)10(15)12(5,16)11(2,3)4/h8,13,16H,6-7H2,1-5H3. The van der Waals surface area contributed by atoms with Gasteiger partial charge >= 0.3 is 5.97 Å². The van der Waals surface area contributed by atoms with Crippen LogP contribution in [0.15, 0.2) is 0 Å². The zero-order chi connectivity index (χ0) is 13.9. The van der Waals surface area contributed by atoms with Crippen LogP contribution in [0.3, 0.4) is 0 Å². The number of hydrogen-bond acceptors (Lipinski definition) is 5. The van der Waals surface area contributed by atoms with Crippen LogP contribution < -0.4 is 0 Å². The number of esters is 1. The molecule has 17 heavy (non-hydrogen) atoms. The van der Waals surface area contributed by atoms with Gasteiger partial charge in [0.05, 0.1) is 13.0 Å². The molecule has 0 aromatic carbocycles. The van der Waals surface area contributed by atoms with E-state index in [2.05, 4.69) is 4.74 Å². The highest BCUT2D eigenvalue weighted by atomic mass is 16.5. The van der Waals surface area contributed by atoms with Crippen molar-refractivity contribution < 1.29 is 24.5 Å². The van der Waals surface area contributed by atoms with Gasteiger partial charge in [0, 0.05) is 0 Å². The molecule has 0 amide bonds. The Hall–Kier alpha value is -0.940. The van der Waals surface area contributed by atoms with Gasteiger partial charge in [0.25, 0.3) is 0 Å². The lowest BCUT2D eigenvalue weighted by Gasteiger charge is -2.36. The molecular formula is C12H22O5. The molecule has 0 heterocycles. The predicted molar refractivity (Wildman–Crippen MR) is 62.3 cm³/mol. The van der Waals surface area contributed by atoms with Gasteiger partial charge in [-0.15, -0.1) is 0 Å². The summed E-state index contributed by atoms with van der Waals surface area (Å²) < 4.78 is 4.63. The Balaban J connectivity index is 4.66. The quantitative estimate of drug-likeness (QED) is 0.696. The van der Waals surface area contributed by atoms with Gasteiger partial charge < -0.3 is 14.9 Å². The van der Waals surface area contributed by atoms with Crippen molar-refractivity contribution in [2.45, 2.75) is 52.7 Å². The summed E-state index contributed by atoms with van der Waals surface area (Å²) in [6.45, 7) is 8.21. The van der Waals surface area contributed by atoms with Gasteiger partial charge in [-0.3, -0.25) is 9.59 Å². The zero-order valence-electron chi connectivity index (χ0n) is 11.1. The molecule has 2 N–H and O–H groups in total. The molecule has 0 spiro atoms. The highest BCUT2D eigenvalue weighted by Gasteiger charge is 2.45. The van der Waals surface area contributed by atoms with Crippen LogP contribution in [-0.4, -0.2) is 40.3 Å². The van der Waals surface area contributed by atoms with Crippen molar-refractivity contribution in [2.24, 2.45) is 5.41 Å². The maximum absolute atomic E-state index is 11.8. The van der Waals surface area contributed by atoms with E-state index in [1.807, 2.05) is 0 Å². The molecule has 2 atom stereocenters. The Morgan fingerprint density at radius 1 is 1.24 bits per heavy atom. The van der Waals surface area contributed by atoms with Crippen molar-refractivity contribution in [3.63, 3.8) is 0 Å². The second kappa shape index (κ2) is 5.60. The topological polar surface area (TPSA) is 83.8 Å². The van der Waals surface area contributed by atoms with Gasteiger partial charge in [0.15, 0.2) is 5.78 Å². The minimum absolute atomic E-state index is 0.190. The van der Waals surface area contributed by atoms with Crippen LogP contribution in [0, 0.1) is 5.41 Å². The molecule has 5 nitrogen and oxygen atoms in total. The fourth-order valence-corrected chi connectivity index (χ4v) is 1.16. The Labute approximate surface area is 102 Å². The van der Waals surface area contributed by atoms with E-state index in [0.717, 1.165) is 0 Å².